The minimum Gasteiger partial charge on any atom is -0.456 e. The normalized spacial score (nSPS) is 11.3. The third kappa shape index (κ3) is 2.50. The van der Waals surface area contributed by atoms with E-state index >= 15 is 0 Å². The Bertz CT molecular complexity index is 1050. The lowest BCUT2D eigenvalue weighted by Crippen LogP contribution is -2.02. The summed E-state index contributed by atoms with van der Waals surface area (Å²) in [5.41, 5.74) is 3.78. The molecule has 0 radical (unpaired) electrons. The minimum absolute atomic E-state index is 0.207. The summed E-state index contributed by atoms with van der Waals surface area (Å²) >= 11 is 0. The van der Waals surface area contributed by atoms with Crippen LogP contribution < -0.4 is 5.32 Å². The zero-order valence-electron chi connectivity index (χ0n) is 13.1. The fourth-order valence-corrected chi connectivity index (χ4v) is 2.90. The van der Waals surface area contributed by atoms with Gasteiger partial charge >= 0.3 is 0 Å². The first-order valence-corrected chi connectivity index (χ1v) is 7.71. The molecule has 0 atom stereocenters. The molecule has 0 saturated carbocycles. The fourth-order valence-electron chi connectivity index (χ4n) is 2.90. The van der Waals surface area contributed by atoms with Crippen LogP contribution in [0, 0.1) is 18.6 Å². The molecule has 24 heavy (non-hydrogen) atoms. The van der Waals surface area contributed by atoms with Gasteiger partial charge in [0.1, 0.15) is 22.8 Å². The highest BCUT2D eigenvalue weighted by molar-refractivity contribution is 6.05. The summed E-state index contributed by atoms with van der Waals surface area (Å²) in [5.74, 6) is -0.500. The van der Waals surface area contributed by atoms with E-state index in [1.165, 1.54) is 18.2 Å². The lowest BCUT2D eigenvalue weighted by atomic mass is 10.1. The Labute approximate surface area is 137 Å². The number of rotatable bonds is 3. The minimum atomic E-state index is -0.293. The van der Waals surface area contributed by atoms with Gasteiger partial charge in [-0.05, 0) is 60.5 Å². The molecular formula is C20H15F2NO. The molecule has 0 saturated heterocycles. The molecule has 0 spiro atoms. The molecule has 0 amide bonds. The molecule has 1 heterocycles. The summed E-state index contributed by atoms with van der Waals surface area (Å²) in [6.45, 7) is 2.28. The van der Waals surface area contributed by atoms with Crippen molar-refractivity contribution in [3.8, 4) is 0 Å². The highest BCUT2D eigenvalue weighted by Gasteiger charge is 2.09. The van der Waals surface area contributed by atoms with E-state index in [4.69, 9.17) is 4.42 Å². The van der Waals surface area contributed by atoms with Crippen LogP contribution in [-0.4, -0.2) is 0 Å². The summed E-state index contributed by atoms with van der Waals surface area (Å²) in [5, 5.41) is 4.89. The van der Waals surface area contributed by atoms with Gasteiger partial charge in [-0.25, -0.2) is 8.78 Å². The Morgan fingerprint density at radius 2 is 1.67 bits per heavy atom. The van der Waals surface area contributed by atoms with Crippen LogP contribution in [0.3, 0.4) is 0 Å². The number of fused-ring (bicyclic) bond motifs is 3. The quantitative estimate of drug-likeness (QED) is 0.516. The first-order valence-electron chi connectivity index (χ1n) is 7.71. The summed E-state index contributed by atoms with van der Waals surface area (Å²) < 4.78 is 32.8. The maximum absolute atomic E-state index is 13.6. The van der Waals surface area contributed by atoms with E-state index in [-0.39, 0.29) is 11.6 Å². The standard InChI is InChI=1S/C20H15F2NO/c1-12-13(3-2-4-18(12)22)11-23-15-6-8-20-17(10-15)16-9-14(21)5-7-19(16)24-20/h2-10,23H,11H2,1H3. The molecule has 120 valence electrons. The van der Waals surface area contributed by atoms with Crippen LogP contribution in [0.2, 0.25) is 0 Å². The Hall–Kier alpha value is -2.88. The average molecular weight is 323 g/mol. The third-order valence-corrected chi connectivity index (χ3v) is 4.29. The van der Waals surface area contributed by atoms with Crippen LogP contribution >= 0.6 is 0 Å². The second-order valence-corrected chi connectivity index (χ2v) is 5.83. The molecule has 4 rings (SSSR count). The Morgan fingerprint density at radius 3 is 2.50 bits per heavy atom. The molecule has 0 aliphatic rings. The summed E-state index contributed by atoms with van der Waals surface area (Å²) in [7, 11) is 0. The first kappa shape index (κ1) is 14.7. The van der Waals surface area contributed by atoms with Crippen molar-refractivity contribution >= 4 is 27.6 Å². The van der Waals surface area contributed by atoms with Gasteiger partial charge in [0.05, 0.1) is 0 Å². The van der Waals surface area contributed by atoms with Crippen molar-refractivity contribution in [1.29, 1.82) is 0 Å². The molecular weight excluding hydrogens is 308 g/mol. The van der Waals surface area contributed by atoms with Crippen LogP contribution in [0.25, 0.3) is 21.9 Å². The number of halogens is 2. The topological polar surface area (TPSA) is 25.2 Å². The van der Waals surface area contributed by atoms with Gasteiger partial charge < -0.3 is 9.73 Å². The maximum atomic E-state index is 13.6. The van der Waals surface area contributed by atoms with Crippen molar-refractivity contribution in [2.45, 2.75) is 13.5 Å². The predicted octanol–water partition coefficient (Wildman–Crippen LogP) is 5.78. The zero-order chi connectivity index (χ0) is 16.7. The fraction of sp³-hybridized carbons (Fsp3) is 0.100. The Morgan fingerprint density at radius 1 is 0.917 bits per heavy atom. The number of anilines is 1. The molecule has 0 bridgehead atoms. The molecule has 1 N–H and O–H groups in total. The highest BCUT2D eigenvalue weighted by atomic mass is 19.1. The number of hydrogen-bond acceptors (Lipinski definition) is 2. The number of nitrogens with one attached hydrogen (secondary N) is 1. The molecule has 1 aromatic heterocycles. The van der Waals surface area contributed by atoms with Crippen molar-refractivity contribution in [3.05, 3.63) is 77.4 Å². The Balaban J connectivity index is 1.68. The van der Waals surface area contributed by atoms with Gasteiger partial charge in [-0.2, -0.15) is 0 Å². The Kier molecular flexibility index (Phi) is 3.45. The number of furan rings is 1. The molecule has 0 fully saturated rings. The summed E-state index contributed by atoms with van der Waals surface area (Å²) in [6.07, 6.45) is 0. The van der Waals surface area contributed by atoms with E-state index in [1.807, 2.05) is 24.3 Å². The third-order valence-electron chi connectivity index (χ3n) is 4.29. The molecule has 0 unspecified atom stereocenters. The van der Waals surface area contributed by atoms with E-state index in [1.54, 1.807) is 19.1 Å². The first-order chi connectivity index (χ1) is 11.6. The van der Waals surface area contributed by atoms with Crippen molar-refractivity contribution in [2.75, 3.05) is 5.32 Å². The molecule has 0 aliphatic carbocycles. The predicted molar refractivity (Wildman–Crippen MR) is 92.1 cm³/mol. The largest absolute Gasteiger partial charge is 0.456 e. The van der Waals surface area contributed by atoms with Gasteiger partial charge in [-0.1, -0.05) is 12.1 Å². The van der Waals surface area contributed by atoms with Crippen LogP contribution in [0.15, 0.2) is 59.0 Å². The van der Waals surface area contributed by atoms with Gasteiger partial charge in [-0.15, -0.1) is 0 Å². The second kappa shape index (κ2) is 5.64. The van der Waals surface area contributed by atoms with Crippen molar-refractivity contribution in [3.63, 3.8) is 0 Å². The highest BCUT2D eigenvalue weighted by Crippen LogP contribution is 2.31. The SMILES string of the molecule is Cc1c(F)cccc1CNc1ccc2oc3ccc(F)cc3c2c1. The summed E-state index contributed by atoms with van der Waals surface area (Å²) in [4.78, 5) is 0. The average Bonchev–Trinajstić information content (AvgIpc) is 2.93. The van der Waals surface area contributed by atoms with Crippen LogP contribution in [-0.2, 0) is 6.54 Å². The van der Waals surface area contributed by atoms with Gasteiger partial charge in [0.25, 0.3) is 0 Å². The summed E-state index contributed by atoms with van der Waals surface area (Å²) in [6, 6.07) is 15.2. The van der Waals surface area contributed by atoms with E-state index in [9.17, 15) is 8.78 Å². The molecule has 0 aliphatic heterocycles. The number of benzene rings is 3. The maximum Gasteiger partial charge on any atom is 0.135 e. The molecule has 3 aromatic carbocycles. The van der Waals surface area contributed by atoms with Crippen LogP contribution in [0.4, 0.5) is 14.5 Å². The zero-order valence-corrected chi connectivity index (χ0v) is 13.1. The van der Waals surface area contributed by atoms with Crippen molar-refractivity contribution in [1.82, 2.24) is 0 Å². The van der Waals surface area contributed by atoms with E-state index < -0.39 is 0 Å². The smallest absolute Gasteiger partial charge is 0.135 e. The van der Waals surface area contributed by atoms with Gasteiger partial charge in [0.2, 0.25) is 0 Å². The lowest BCUT2D eigenvalue weighted by Gasteiger charge is -2.09. The van der Waals surface area contributed by atoms with Gasteiger partial charge in [0.15, 0.2) is 0 Å². The van der Waals surface area contributed by atoms with E-state index in [0.29, 0.717) is 23.3 Å². The van der Waals surface area contributed by atoms with Crippen LogP contribution in [0.1, 0.15) is 11.1 Å². The second-order valence-electron chi connectivity index (χ2n) is 5.83. The van der Waals surface area contributed by atoms with Crippen molar-refractivity contribution < 1.29 is 13.2 Å². The lowest BCUT2D eigenvalue weighted by molar-refractivity contribution is 0.616. The van der Waals surface area contributed by atoms with Gasteiger partial charge in [0, 0.05) is 23.0 Å². The molecule has 4 heteroatoms. The number of hydrogen-bond donors (Lipinski definition) is 1. The monoisotopic (exact) mass is 323 g/mol. The molecule has 4 aromatic rings. The van der Waals surface area contributed by atoms with E-state index in [0.717, 1.165) is 22.0 Å². The van der Waals surface area contributed by atoms with Crippen molar-refractivity contribution in [2.24, 2.45) is 0 Å². The molecule has 2 nitrogen and oxygen atoms in total. The van der Waals surface area contributed by atoms with Gasteiger partial charge in [-0.3, -0.25) is 0 Å². The van der Waals surface area contributed by atoms with E-state index in [2.05, 4.69) is 5.32 Å². The van der Waals surface area contributed by atoms with Crippen LogP contribution in [0.5, 0.6) is 0 Å².